The molecule has 0 unspecified atom stereocenters. The van der Waals surface area contributed by atoms with Gasteiger partial charge in [-0.1, -0.05) is 124 Å². The zero-order chi connectivity index (χ0) is 24.9. The first-order valence-corrected chi connectivity index (χ1v) is 14.7. The smallest absolute Gasteiger partial charge is 0.310 e. The normalized spacial score (nSPS) is 11.1. The van der Waals surface area contributed by atoms with Crippen LogP contribution in [0.2, 0.25) is 0 Å². The minimum atomic E-state index is -0.211. The van der Waals surface area contributed by atoms with Crippen LogP contribution in [0, 0.1) is 0 Å². The van der Waals surface area contributed by atoms with E-state index in [2.05, 4.69) is 13.8 Å². The van der Waals surface area contributed by atoms with Crippen molar-refractivity contribution in [1.29, 1.82) is 0 Å². The Bertz CT molecular complexity index is 638. The van der Waals surface area contributed by atoms with Crippen LogP contribution in [0.15, 0.2) is 12.1 Å². The predicted octanol–water partition coefficient (Wildman–Crippen LogP) is 9.85. The van der Waals surface area contributed by atoms with Crippen LogP contribution >= 0.6 is 0 Å². The summed E-state index contributed by atoms with van der Waals surface area (Å²) in [5, 5.41) is 10.5. The highest BCUT2D eigenvalue weighted by atomic mass is 16.5. The molecule has 0 saturated heterocycles. The molecular weight excluding hydrogens is 420 g/mol. The third kappa shape index (κ3) is 14.0. The maximum Gasteiger partial charge on any atom is 0.310 e. The van der Waals surface area contributed by atoms with Gasteiger partial charge in [0.2, 0.25) is 0 Å². The number of phenols is 1. The number of esters is 1. The van der Waals surface area contributed by atoms with Gasteiger partial charge in [-0.05, 0) is 37.8 Å². The first kappa shape index (κ1) is 30.5. The lowest BCUT2D eigenvalue weighted by atomic mass is 9.95. The number of phenolic OH excluding ortho intramolecular Hbond substituents is 1. The summed E-state index contributed by atoms with van der Waals surface area (Å²) in [4.78, 5) is 11.8. The monoisotopic (exact) mass is 474 g/mol. The summed E-state index contributed by atoms with van der Waals surface area (Å²) in [6.45, 7) is 6.26. The Morgan fingerprint density at radius 1 is 0.618 bits per heavy atom. The Labute approximate surface area is 211 Å². The van der Waals surface area contributed by atoms with Crippen LogP contribution in [0.4, 0.5) is 0 Å². The summed E-state index contributed by atoms with van der Waals surface area (Å²) in [5.41, 5.74) is 2.02. The molecule has 0 aliphatic heterocycles. The van der Waals surface area contributed by atoms with Gasteiger partial charge in [0, 0.05) is 17.5 Å². The third-order valence-electron chi connectivity index (χ3n) is 6.94. The Balaban J connectivity index is 2.20. The van der Waals surface area contributed by atoms with E-state index in [0.29, 0.717) is 17.9 Å². The number of hydrogen-bond donors (Lipinski definition) is 1. The first-order valence-electron chi connectivity index (χ1n) is 14.7. The number of carbonyl (C=O) groups is 1. The van der Waals surface area contributed by atoms with Crippen molar-refractivity contribution < 1.29 is 14.6 Å². The summed E-state index contributed by atoms with van der Waals surface area (Å²) < 4.78 is 5.57. The average molecular weight is 475 g/mol. The molecule has 0 amide bonds. The number of aromatic hydroxyl groups is 1. The second-order valence-corrected chi connectivity index (χ2v) is 10.0. The van der Waals surface area contributed by atoms with Crippen molar-refractivity contribution in [3.8, 4) is 11.5 Å². The lowest BCUT2D eigenvalue weighted by molar-refractivity contribution is -0.134. The third-order valence-corrected chi connectivity index (χ3v) is 6.94. The van der Waals surface area contributed by atoms with Crippen LogP contribution in [0.3, 0.4) is 0 Å². The largest absolute Gasteiger partial charge is 0.508 e. The molecule has 0 atom stereocenters. The van der Waals surface area contributed by atoms with Crippen LogP contribution < -0.4 is 4.74 Å². The van der Waals surface area contributed by atoms with E-state index >= 15 is 0 Å². The molecule has 196 valence electrons. The van der Waals surface area contributed by atoms with Crippen LogP contribution in [0.25, 0.3) is 0 Å². The van der Waals surface area contributed by atoms with Gasteiger partial charge >= 0.3 is 5.97 Å². The fourth-order valence-corrected chi connectivity index (χ4v) is 4.71. The Morgan fingerprint density at radius 2 is 1.06 bits per heavy atom. The van der Waals surface area contributed by atoms with Gasteiger partial charge in [-0.25, -0.2) is 0 Å². The predicted molar refractivity (Wildman–Crippen MR) is 146 cm³/mol. The molecule has 0 radical (unpaired) electrons. The molecule has 0 spiro atoms. The van der Waals surface area contributed by atoms with Gasteiger partial charge in [-0.15, -0.1) is 0 Å². The van der Waals surface area contributed by atoms with E-state index in [9.17, 15) is 9.90 Å². The van der Waals surface area contributed by atoms with E-state index in [0.717, 1.165) is 43.2 Å². The molecule has 1 aromatic rings. The second kappa shape index (κ2) is 20.8. The highest BCUT2D eigenvalue weighted by Crippen LogP contribution is 2.33. The molecule has 0 aliphatic carbocycles. The maximum atomic E-state index is 11.8. The van der Waals surface area contributed by atoms with E-state index in [1.165, 1.54) is 96.3 Å². The van der Waals surface area contributed by atoms with Crippen molar-refractivity contribution in [2.24, 2.45) is 0 Å². The van der Waals surface area contributed by atoms with Crippen molar-refractivity contribution in [1.82, 2.24) is 0 Å². The van der Waals surface area contributed by atoms with Gasteiger partial charge < -0.3 is 9.84 Å². The van der Waals surface area contributed by atoms with Gasteiger partial charge in [0.1, 0.15) is 11.5 Å². The molecule has 0 heterocycles. The van der Waals surface area contributed by atoms with Gasteiger partial charge in [0.25, 0.3) is 0 Å². The molecule has 0 fully saturated rings. The highest BCUT2D eigenvalue weighted by Gasteiger charge is 2.15. The molecule has 3 nitrogen and oxygen atoms in total. The number of ether oxygens (including phenoxy) is 1. The molecule has 1 rings (SSSR count). The molecule has 0 bridgehead atoms. The molecule has 34 heavy (non-hydrogen) atoms. The van der Waals surface area contributed by atoms with Crippen molar-refractivity contribution >= 4 is 5.97 Å². The van der Waals surface area contributed by atoms with E-state index in [4.69, 9.17) is 4.74 Å². The SMILES string of the molecule is CCCCCCCCCCCCCCCCCCc1c(O)ccc(OC(=O)CC)c1CCCC. The number of benzene rings is 1. The molecule has 0 aliphatic rings. The Kier molecular flexibility index (Phi) is 18.7. The van der Waals surface area contributed by atoms with Gasteiger partial charge in [-0.3, -0.25) is 4.79 Å². The molecule has 1 N–H and O–H groups in total. The standard InChI is InChI=1S/C31H54O3/c1-4-7-9-10-11-12-13-14-15-16-17-18-19-20-21-22-24-27-28(23-8-5-2)30(26-25-29(27)32)34-31(33)6-3/h25-26,32H,4-24H2,1-3H3. The first-order chi connectivity index (χ1) is 16.6. The average Bonchev–Trinajstić information content (AvgIpc) is 2.84. The second-order valence-electron chi connectivity index (χ2n) is 10.0. The molecular formula is C31H54O3. The summed E-state index contributed by atoms with van der Waals surface area (Å²) in [7, 11) is 0. The maximum absolute atomic E-state index is 11.8. The van der Waals surface area contributed by atoms with Crippen molar-refractivity contribution in [3.05, 3.63) is 23.3 Å². The summed E-state index contributed by atoms with van der Waals surface area (Å²) >= 11 is 0. The number of carbonyl (C=O) groups excluding carboxylic acids is 1. The van der Waals surface area contributed by atoms with Crippen molar-refractivity contribution in [3.63, 3.8) is 0 Å². The van der Waals surface area contributed by atoms with Crippen LogP contribution in [0.1, 0.15) is 154 Å². The zero-order valence-electron chi connectivity index (χ0n) is 22.8. The Morgan fingerprint density at radius 3 is 1.53 bits per heavy atom. The van der Waals surface area contributed by atoms with E-state index in [1.54, 1.807) is 12.1 Å². The lowest BCUT2D eigenvalue weighted by Gasteiger charge is -2.16. The minimum Gasteiger partial charge on any atom is -0.508 e. The summed E-state index contributed by atoms with van der Waals surface area (Å²) in [5.74, 6) is 0.782. The van der Waals surface area contributed by atoms with E-state index in [1.807, 2.05) is 6.92 Å². The summed E-state index contributed by atoms with van der Waals surface area (Å²) in [6, 6.07) is 3.44. The minimum absolute atomic E-state index is 0.211. The highest BCUT2D eigenvalue weighted by molar-refractivity contribution is 5.72. The summed E-state index contributed by atoms with van der Waals surface area (Å²) in [6.07, 6.45) is 25.9. The topological polar surface area (TPSA) is 46.5 Å². The van der Waals surface area contributed by atoms with Gasteiger partial charge in [0.05, 0.1) is 0 Å². The molecule has 3 heteroatoms. The fraction of sp³-hybridized carbons (Fsp3) is 0.774. The van der Waals surface area contributed by atoms with E-state index in [-0.39, 0.29) is 5.97 Å². The quantitative estimate of drug-likeness (QED) is 0.103. The zero-order valence-corrected chi connectivity index (χ0v) is 22.8. The van der Waals surface area contributed by atoms with Gasteiger partial charge in [0.15, 0.2) is 0 Å². The number of rotatable bonds is 22. The number of hydrogen-bond acceptors (Lipinski definition) is 3. The van der Waals surface area contributed by atoms with Gasteiger partial charge in [-0.2, -0.15) is 0 Å². The molecule has 1 aromatic carbocycles. The van der Waals surface area contributed by atoms with Crippen molar-refractivity contribution in [2.45, 2.75) is 156 Å². The fourth-order valence-electron chi connectivity index (χ4n) is 4.71. The molecule has 0 saturated carbocycles. The lowest BCUT2D eigenvalue weighted by Crippen LogP contribution is -2.09. The molecule has 0 aromatic heterocycles. The number of unbranched alkanes of at least 4 members (excludes halogenated alkanes) is 16. The van der Waals surface area contributed by atoms with Crippen LogP contribution in [-0.4, -0.2) is 11.1 Å². The van der Waals surface area contributed by atoms with E-state index < -0.39 is 0 Å². The van der Waals surface area contributed by atoms with Crippen LogP contribution in [0.5, 0.6) is 11.5 Å². The van der Waals surface area contributed by atoms with Crippen molar-refractivity contribution in [2.75, 3.05) is 0 Å². The van der Waals surface area contributed by atoms with Crippen LogP contribution in [-0.2, 0) is 17.6 Å². The Hall–Kier alpha value is -1.51.